The van der Waals surface area contributed by atoms with Gasteiger partial charge in [0, 0.05) is 17.7 Å². The van der Waals surface area contributed by atoms with Crippen LogP contribution < -0.4 is 4.74 Å². The maximum atomic E-state index is 12.4. The second-order valence-electron chi connectivity index (χ2n) is 6.29. The first-order valence-corrected chi connectivity index (χ1v) is 9.61. The Hall–Kier alpha value is -2.86. The third kappa shape index (κ3) is 3.06. The van der Waals surface area contributed by atoms with Crippen molar-refractivity contribution in [3.05, 3.63) is 65.2 Å². The number of amides is 2. The number of pyridine rings is 1. The van der Waals surface area contributed by atoms with Crippen molar-refractivity contribution in [3.63, 3.8) is 0 Å². The normalized spacial score (nSPS) is 13.3. The number of imide groups is 1. The molecule has 0 bridgehead atoms. The van der Waals surface area contributed by atoms with E-state index in [4.69, 9.17) is 9.72 Å². The van der Waals surface area contributed by atoms with Crippen LogP contribution in [-0.4, -0.2) is 41.1 Å². The monoisotopic (exact) mass is 378 g/mol. The van der Waals surface area contributed by atoms with Crippen LogP contribution in [0.2, 0.25) is 0 Å². The Bertz CT molecular complexity index is 1030. The van der Waals surface area contributed by atoms with E-state index >= 15 is 0 Å². The number of aromatic nitrogens is 1. The molecule has 0 aliphatic carbocycles. The Morgan fingerprint density at radius 2 is 1.74 bits per heavy atom. The highest BCUT2D eigenvalue weighted by Gasteiger charge is 2.34. The highest BCUT2D eigenvalue weighted by Crippen LogP contribution is 2.30. The van der Waals surface area contributed by atoms with Gasteiger partial charge in [-0.05, 0) is 36.8 Å². The third-order valence-electron chi connectivity index (χ3n) is 4.65. The van der Waals surface area contributed by atoms with Crippen LogP contribution in [0.15, 0.2) is 53.6 Å². The molecule has 1 aliphatic rings. The van der Waals surface area contributed by atoms with Crippen molar-refractivity contribution in [1.82, 2.24) is 9.88 Å². The van der Waals surface area contributed by atoms with Crippen LogP contribution in [0.5, 0.6) is 5.75 Å². The van der Waals surface area contributed by atoms with Crippen molar-refractivity contribution in [2.75, 3.05) is 19.4 Å². The van der Waals surface area contributed by atoms with Gasteiger partial charge >= 0.3 is 0 Å². The summed E-state index contributed by atoms with van der Waals surface area (Å²) in [5.74, 6) is 0.873. The van der Waals surface area contributed by atoms with E-state index in [1.165, 1.54) is 16.7 Å². The molecule has 27 heavy (non-hydrogen) atoms. The lowest BCUT2D eigenvalue weighted by molar-refractivity contribution is 0.0664. The second-order valence-corrected chi connectivity index (χ2v) is 7.41. The summed E-state index contributed by atoms with van der Waals surface area (Å²) < 4.78 is 5.42. The number of hydrogen-bond donors (Lipinski definition) is 0. The van der Waals surface area contributed by atoms with Crippen LogP contribution >= 0.6 is 11.8 Å². The van der Waals surface area contributed by atoms with Gasteiger partial charge in [0.1, 0.15) is 11.3 Å². The van der Waals surface area contributed by atoms with Crippen LogP contribution in [-0.2, 0) is 0 Å². The molecule has 1 aliphatic heterocycles. The first-order valence-electron chi connectivity index (χ1n) is 8.62. The average Bonchev–Trinajstić information content (AvgIpc) is 2.93. The van der Waals surface area contributed by atoms with E-state index in [0.717, 1.165) is 27.2 Å². The summed E-state index contributed by atoms with van der Waals surface area (Å²) in [7, 11) is 1.63. The average molecular weight is 378 g/mol. The molecule has 2 aromatic carbocycles. The van der Waals surface area contributed by atoms with Crippen molar-refractivity contribution >= 4 is 34.5 Å². The molecular formula is C21H18N2O3S. The van der Waals surface area contributed by atoms with Crippen LogP contribution in [0.25, 0.3) is 10.9 Å². The first-order chi connectivity index (χ1) is 13.1. The fraction of sp³-hybridized carbons (Fsp3) is 0.190. The van der Waals surface area contributed by atoms with Gasteiger partial charge in [0.2, 0.25) is 0 Å². The first kappa shape index (κ1) is 17.5. The number of aryl methyl sites for hydroxylation is 1. The molecule has 0 atom stereocenters. The van der Waals surface area contributed by atoms with E-state index in [1.807, 2.05) is 31.2 Å². The van der Waals surface area contributed by atoms with Crippen molar-refractivity contribution < 1.29 is 14.3 Å². The summed E-state index contributed by atoms with van der Waals surface area (Å²) in [5, 5.41) is 1.90. The number of ether oxygens (including phenoxy) is 1. The summed E-state index contributed by atoms with van der Waals surface area (Å²) in [5.41, 5.74) is 2.90. The number of benzene rings is 2. The molecule has 1 aromatic heterocycles. The zero-order valence-corrected chi connectivity index (χ0v) is 15.9. The number of methoxy groups -OCH3 is 1. The molecule has 0 saturated heterocycles. The van der Waals surface area contributed by atoms with Crippen LogP contribution in [0.1, 0.15) is 26.3 Å². The summed E-state index contributed by atoms with van der Waals surface area (Å²) >= 11 is 1.53. The van der Waals surface area contributed by atoms with Crippen molar-refractivity contribution in [1.29, 1.82) is 0 Å². The van der Waals surface area contributed by atoms with Gasteiger partial charge in [0.25, 0.3) is 11.8 Å². The van der Waals surface area contributed by atoms with E-state index in [9.17, 15) is 9.59 Å². The minimum atomic E-state index is -0.222. The van der Waals surface area contributed by atoms with Gasteiger partial charge in [-0.2, -0.15) is 0 Å². The van der Waals surface area contributed by atoms with Gasteiger partial charge in [-0.3, -0.25) is 14.5 Å². The van der Waals surface area contributed by atoms with E-state index in [2.05, 4.69) is 0 Å². The number of fused-ring (bicyclic) bond motifs is 2. The number of carbonyl (C=O) groups is 2. The number of hydrogen-bond acceptors (Lipinski definition) is 5. The molecule has 6 heteroatoms. The van der Waals surface area contributed by atoms with Crippen LogP contribution in [0, 0.1) is 6.92 Å². The van der Waals surface area contributed by atoms with Gasteiger partial charge in [-0.1, -0.05) is 24.3 Å². The summed E-state index contributed by atoms with van der Waals surface area (Å²) in [6.45, 7) is 2.39. The smallest absolute Gasteiger partial charge is 0.261 e. The standard InChI is InChI=1S/C21H18N2O3S/c1-13-12-18(22-19-14(13)8-5-9-17(19)26-2)27-11-10-23-20(24)15-6-3-4-7-16(15)21(23)25/h3-9,12H,10-11H2,1-2H3. The predicted octanol–water partition coefficient (Wildman–Crippen LogP) is 3.94. The Morgan fingerprint density at radius 1 is 1.04 bits per heavy atom. The lowest BCUT2D eigenvalue weighted by Crippen LogP contribution is -2.31. The number of rotatable bonds is 5. The molecule has 0 fully saturated rings. The second kappa shape index (κ2) is 7.04. The number of thioether (sulfide) groups is 1. The molecule has 0 spiro atoms. The lowest BCUT2D eigenvalue weighted by Gasteiger charge is -2.14. The zero-order valence-electron chi connectivity index (χ0n) is 15.1. The highest BCUT2D eigenvalue weighted by atomic mass is 32.2. The molecular weight excluding hydrogens is 360 g/mol. The molecule has 0 saturated carbocycles. The number of para-hydroxylation sites is 1. The Labute approximate surface area is 161 Å². The van der Waals surface area contributed by atoms with E-state index in [-0.39, 0.29) is 11.8 Å². The minimum Gasteiger partial charge on any atom is -0.494 e. The van der Waals surface area contributed by atoms with Gasteiger partial charge < -0.3 is 4.74 Å². The van der Waals surface area contributed by atoms with E-state index in [0.29, 0.717) is 23.4 Å². The molecule has 4 rings (SSSR count). The SMILES string of the molecule is COc1cccc2c(C)cc(SCCN3C(=O)c4ccccc4C3=O)nc12. The minimum absolute atomic E-state index is 0.222. The number of nitrogens with zero attached hydrogens (tertiary/aromatic N) is 2. The highest BCUT2D eigenvalue weighted by molar-refractivity contribution is 7.99. The quantitative estimate of drug-likeness (QED) is 0.497. The summed E-state index contributed by atoms with van der Waals surface area (Å²) in [6.07, 6.45) is 0. The van der Waals surface area contributed by atoms with Gasteiger partial charge in [0.05, 0.1) is 23.3 Å². The van der Waals surface area contributed by atoms with Gasteiger partial charge in [-0.15, -0.1) is 11.8 Å². The summed E-state index contributed by atoms with van der Waals surface area (Å²) in [4.78, 5) is 30.9. The molecule has 2 amide bonds. The maximum absolute atomic E-state index is 12.4. The molecule has 3 aromatic rings. The molecule has 0 N–H and O–H groups in total. The lowest BCUT2D eigenvalue weighted by atomic mass is 10.1. The van der Waals surface area contributed by atoms with Crippen molar-refractivity contribution in [2.45, 2.75) is 11.9 Å². The Kier molecular flexibility index (Phi) is 4.58. The van der Waals surface area contributed by atoms with E-state index in [1.54, 1.807) is 31.4 Å². The van der Waals surface area contributed by atoms with Crippen molar-refractivity contribution in [3.8, 4) is 5.75 Å². The van der Waals surface area contributed by atoms with Crippen molar-refractivity contribution in [2.24, 2.45) is 0 Å². The molecule has 0 radical (unpaired) electrons. The fourth-order valence-corrected chi connectivity index (χ4v) is 4.18. The van der Waals surface area contributed by atoms with Gasteiger partial charge in [0.15, 0.2) is 0 Å². The molecule has 5 nitrogen and oxygen atoms in total. The third-order valence-corrected chi connectivity index (χ3v) is 5.54. The van der Waals surface area contributed by atoms with Gasteiger partial charge in [-0.25, -0.2) is 4.98 Å². The fourth-order valence-electron chi connectivity index (χ4n) is 3.28. The predicted molar refractivity (Wildman–Crippen MR) is 106 cm³/mol. The largest absolute Gasteiger partial charge is 0.494 e. The molecule has 136 valence electrons. The van der Waals surface area contributed by atoms with Crippen LogP contribution in [0.3, 0.4) is 0 Å². The maximum Gasteiger partial charge on any atom is 0.261 e. The number of carbonyl (C=O) groups excluding carboxylic acids is 2. The Balaban J connectivity index is 1.50. The van der Waals surface area contributed by atoms with Crippen LogP contribution in [0.4, 0.5) is 0 Å². The zero-order chi connectivity index (χ0) is 19.0. The molecule has 2 heterocycles. The topological polar surface area (TPSA) is 59.5 Å². The van der Waals surface area contributed by atoms with E-state index < -0.39 is 0 Å². The Morgan fingerprint density at radius 3 is 2.41 bits per heavy atom. The summed E-state index contributed by atoms with van der Waals surface area (Å²) in [6, 6.07) is 14.8. The molecule has 0 unspecified atom stereocenters.